The first-order chi connectivity index (χ1) is 5.86. The summed E-state index contributed by atoms with van der Waals surface area (Å²) < 4.78 is 4.82. The van der Waals surface area contributed by atoms with Crippen LogP contribution in [0.4, 0.5) is 0 Å². The fraction of sp³-hybridized carbons (Fsp3) is 0.200. The van der Waals surface area contributed by atoms with Gasteiger partial charge in [0.2, 0.25) is 0 Å². The van der Waals surface area contributed by atoms with Gasteiger partial charge in [0.05, 0.1) is 13.4 Å². The molecular formula is C10H12OS. The third-order valence-electron chi connectivity index (χ3n) is 1.51. The van der Waals surface area contributed by atoms with E-state index in [4.69, 9.17) is 4.74 Å². The summed E-state index contributed by atoms with van der Waals surface area (Å²) in [5.74, 6) is 0. The molecule has 0 spiro atoms. The molecule has 1 aromatic carbocycles. The Morgan fingerprint density at radius 2 is 1.92 bits per heavy atom. The van der Waals surface area contributed by atoms with Crippen molar-refractivity contribution >= 4 is 17.8 Å². The lowest BCUT2D eigenvalue weighted by atomic mass is 10.2. The molecule has 2 heteroatoms. The van der Waals surface area contributed by atoms with Gasteiger partial charge in [0.25, 0.3) is 0 Å². The molecule has 0 amide bonds. The van der Waals surface area contributed by atoms with Crippen LogP contribution in [0.25, 0.3) is 6.08 Å². The quantitative estimate of drug-likeness (QED) is 0.522. The minimum atomic E-state index is 1.16. The van der Waals surface area contributed by atoms with Gasteiger partial charge in [-0.05, 0) is 30.0 Å². The fourth-order valence-corrected chi connectivity index (χ4v) is 1.27. The van der Waals surface area contributed by atoms with Gasteiger partial charge in [0.1, 0.15) is 0 Å². The number of thioether (sulfide) groups is 1. The average Bonchev–Trinajstić information content (AvgIpc) is 2.15. The van der Waals surface area contributed by atoms with Gasteiger partial charge >= 0.3 is 0 Å². The molecule has 0 saturated carbocycles. The van der Waals surface area contributed by atoms with Crippen molar-refractivity contribution in [2.45, 2.75) is 4.90 Å². The minimum absolute atomic E-state index is 1.16. The van der Waals surface area contributed by atoms with Crippen molar-refractivity contribution in [3.8, 4) is 0 Å². The predicted octanol–water partition coefficient (Wildman–Crippen LogP) is 3.03. The monoisotopic (exact) mass is 180 g/mol. The summed E-state index contributed by atoms with van der Waals surface area (Å²) in [6.07, 6.45) is 5.68. The van der Waals surface area contributed by atoms with Gasteiger partial charge in [-0.3, -0.25) is 0 Å². The maximum Gasteiger partial charge on any atom is 0.0830 e. The molecule has 0 aliphatic heterocycles. The van der Waals surface area contributed by atoms with Crippen LogP contribution in [-0.4, -0.2) is 13.4 Å². The maximum absolute atomic E-state index is 4.82. The summed E-state index contributed by atoms with van der Waals surface area (Å²) in [5, 5.41) is 0. The molecule has 0 aromatic heterocycles. The molecule has 0 saturated heterocycles. The van der Waals surface area contributed by atoms with Gasteiger partial charge in [-0.1, -0.05) is 12.1 Å². The molecule has 1 aromatic rings. The summed E-state index contributed by atoms with van der Waals surface area (Å²) in [6, 6.07) is 8.34. The zero-order chi connectivity index (χ0) is 8.81. The Labute approximate surface area is 77.4 Å². The zero-order valence-electron chi connectivity index (χ0n) is 7.28. The first-order valence-corrected chi connectivity index (χ1v) is 4.92. The second-order valence-electron chi connectivity index (χ2n) is 2.31. The molecule has 0 heterocycles. The Morgan fingerprint density at radius 3 is 2.42 bits per heavy atom. The van der Waals surface area contributed by atoms with Crippen LogP contribution in [0.2, 0.25) is 0 Å². The SMILES string of the molecule is CO/C=C/c1ccc(SC)cc1. The Morgan fingerprint density at radius 1 is 1.25 bits per heavy atom. The standard InChI is InChI=1S/C10H12OS/c1-11-8-7-9-3-5-10(12-2)6-4-9/h3-8H,1-2H3/b8-7+. The van der Waals surface area contributed by atoms with E-state index in [1.807, 2.05) is 6.08 Å². The minimum Gasteiger partial charge on any atom is -0.504 e. The molecule has 0 atom stereocenters. The molecule has 0 unspecified atom stereocenters. The van der Waals surface area contributed by atoms with Crippen molar-refractivity contribution in [1.82, 2.24) is 0 Å². The van der Waals surface area contributed by atoms with Crippen LogP contribution < -0.4 is 0 Å². The van der Waals surface area contributed by atoms with E-state index in [1.54, 1.807) is 25.1 Å². The molecule has 12 heavy (non-hydrogen) atoms. The van der Waals surface area contributed by atoms with E-state index in [-0.39, 0.29) is 0 Å². The fourth-order valence-electron chi connectivity index (χ4n) is 0.862. The third-order valence-corrected chi connectivity index (χ3v) is 2.26. The first-order valence-electron chi connectivity index (χ1n) is 3.70. The Balaban J connectivity index is 2.71. The Bertz CT molecular complexity index is 251. The summed E-state index contributed by atoms with van der Waals surface area (Å²) in [7, 11) is 1.65. The van der Waals surface area contributed by atoms with Crippen molar-refractivity contribution in [2.24, 2.45) is 0 Å². The molecular weight excluding hydrogens is 168 g/mol. The van der Waals surface area contributed by atoms with Crippen molar-refractivity contribution in [2.75, 3.05) is 13.4 Å². The molecule has 1 rings (SSSR count). The highest BCUT2D eigenvalue weighted by Crippen LogP contribution is 2.15. The Kier molecular flexibility index (Phi) is 3.74. The van der Waals surface area contributed by atoms with E-state index in [9.17, 15) is 0 Å². The van der Waals surface area contributed by atoms with E-state index in [1.165, 1.54) is 4.90 Å². The number of hydrogen-bond donors (Lipinski definition) is 0. The highest BCUT2D eigenvalue weighted by molar-refractivity contribution is 7.98. The van der Waals surface area contributed by atoms with E-state index < -0.39 is 0 Å². The summed E-state index contributed by atoms with van der Waals surface area (Å²) in [6.45, 7) is 0. The highest BCUT2D eigenvalue weighted by Gasteiger charge is 1.88. The maximum atomic E-state index is 4.82. The average molecular weight is 180 g/mol. The van der Waals surface area contributed by atoms with Crippen LogP contribution in [0.5, 0.6) is 0 Å². The number of benzene rings is 1. The molecule has 64 valence electrons. The van der Waals surface area contributed by atoms with Crippen molar-refractivity contribution < 1.29 is 4.74 Å². The number of rotatable bonds is 3. The van der Waals surface area contributed by atoms with E-state index in [0.717, 1.165) is 5.56 Å². The molecule has 0 bridgehead atoms. The molecule has 0 N–H and O–H groups in total. The molecule has 1 nitrogen and oxygen atoms in total. The van der Waals surface area contributed by atoms with E-state index in [0.29, 0.717) is 0 Å². The number of ether oxygens (including phenoxy) is 1. The predicted molar refractivity (Wildman–Crippen MR) is 54.3 cm³/mol. The first kappa shape index (κ1) is 9.20. The molecule has 0 fully saturated rings. The lowest BCUT2D eigenvalue weighted by molar-refractivity contribution is 0.341. The second-order valence-corrected chi connectivity index (χ2v) is 3.19. The second kappa shape index (κ2) is 4.88. The largest absolute Gasteiger partial charge is 0.504 e. The zero-order valence-corrected chi connectivity index (χ0v) is 8.10. The van der Waals surface area contributed by atoms with Crippen molar-refractivity contribution in [1.29, 1.82) is 0 Å². The van der Waals surface area contributed by atoms with Gasteiger partial charge in [-0.15, -0.1) is 11.8 Å². The highest BCUT2D eigenvalue weighted by atomic mass is 32.2. The van der Waals surface area contributed by atoms with Crippen molar-refractivity contribution in [3.63, 3.8) is 0 Å². The normalized spacial score (nSPS) is 10.5. The lowest BCUT2D eigenvalue weighted by Gasteiger charge is -1.96. The van der Waals surface area contributed by atoms with Gasteiger partial charge in [0, 0.05) is 4.90 Å². The third kappa shape index (κ3) is 2.62. The van der Waals surface area contributed by atoms with Crippen molar-refractivity contribution in [3.05, 3.63) is 36.1 Å². The van der Waals surface area contributed by atoms with Crippen LogP contribution >= 0.6 is 11.8 Å². The molecule has 0 aliphatic carbocycles. The molecule has 0 radical (unpaired) electrons. The van der Waals surface area contributed by atoms with E-state index >= 15 is 0 Å². The number of hydrogen-bond acceptors (Lipinski definition) is 2. The lowest BCUT2D eigenvalue weighted by Crippen LogP contribution is -1.73. The van der Waals surface area contributed by atoms with Crippen LogP contribution in [0.15, 0.2) is 35.4 Å². The van der Waals surface area contributed by atoms with Gasteiger partial charge in [0.15, 0.2) is 0 Å². The van der Waals surface area contributed by atoms with Gasteiger partial charge in [-0.2, -0.15) is 0 Å². The Hall–Kier alpha value is -0.890. The molecule has 0 aliphatic rings. The topological polar surface area (TPSA) is 9.23 Å². The van der Waals surface area contributed by atoms with Gasteiger partial charge in [-0.25, -0.2) is 0 Å². The summed E-state index contributed by atoms with van der Waals surface area (Å²) in [5.41, 5.74) is 1.16. The van der Waals surface area contributed by atoms with Gasteiger partial charge < -0.3 is 4.74 Å². The van der Waals surface area contributed by atoms with Crippen LogP contribution in [0.1, 0.15) is 5.56 Å². The number of methoxy groups -OCH3 is 1. The van der Waals surface area contributed by atoms with E-state index in [2.05, 4.69) is 30.5 Å². The summed E-state index contributed by atoms with van der Waals surface area (Å²) >= 11 is 1.75. The van der Waals surface area contributed by atoms with Crippen LogP contribution in [-0.2, 0) is 4.74 Å². The van der Waals surface area contributed by atoms with Crippen LogP contribution in [0.3, 0.4) is 0 Å². The van der Waals surface area contributed by atoms with Crippen LogP contribution in [0, 0.1) is 0 Å². The summed E-state index contributed by atoms with van der Waals surface area (Å²) in [4.78, 5) is 1.28. The smallest absolute Gasteiger partial charge is 0.0830 e.